The summed E-state index contributed by atoms with van der Waals surface area (Å²) < 4.78 is 11.1. The van der Waals surface area contributed by atoms with Crippen LogP contribution in [0.4, 0.5) is 5.69 Å². The third kappa shape index (κ3) is 4.03. The Bertz CT molecular complexity index is 502. The van der Waals surface area contributed by atoms with Crippen LogP contribution in [0.15, 0.2) is 54.6 Å². The minimum absolute atomic E-state index is 0.165. The van der Waals surface area contributed by atoms with Crippen molar-refractivity contribution >= 4 is 18.2 Å². The fourth-order valence-corrected chi connectivity index (χ4v) is 1.93. The molecule has 0 amide bonds. The van der Waals surface area contributed by atoms with Crippen molar-refractivity contribution in [2.45, 2.75) is 13.8 Å². The molecule has 0 aliphatic rings. The first-order valence-electron chi connectivity index (χ1n) is 6.81. The van der Waals surface area contributed by atoms with E-state index in [1.165, 1.54) is 0 Å². The smallest absolute Gasteiger partial charge is 0.449 e. The summed E-state index contributed by atoms with van der Waals surface area (Å²) in [6.07, 6.45) is 0. The molecule has 0 fully saturated rings. The Morgan fingerprint density at radius 2 is 1.75 bits per heavy atom. The van der Waals surface area contributed by atoms with Crippen LogP contribution in [-0.2, 0) is 4.65 Å². The Hall–Kier alpha value is -1.94. The molecule has 1 radical (unpaired) electrons. The van der Waals surface area contributed by atoms with Gasteiger partial charge in [0.2, 0.25) is 0 Å². The molecular formula is C16H19BNO2. The SMILES string of the molecule is C[CH]Oc1ccc(B(Nc2ccccc2)OCC)cc1. The van der Waals surface area contributed by atoms with Crippen LogP contribution in [0.2, 0.25) is 0 Å². The van der Waals surface area contributed by atoms with E-state index in [-0.39, 0.29) is 7.05 Å². The Balaban J connectivity index is 2.11. The number of hydrogen-bond acceptors (Lipinski definition) is 3. The van der Waals surface area contributed by atoms with Gasteiger partial charge < -0.3 is 14.6 Å². The molecule has 0 unspecified atom stereocenters. The number of nitrogens with one attached hydrogen (secondary N) is 1. The lowest BCUT2D eigenvalue weighted by Gasteiger charge is -2.16. The van der Waals surface area contributed by atoms with Crippen LogP contribution in [0.5, 0.6) is 5.75 Å². The second-order valence-electron chi connectivity index (χ2n) is 4.27. The average Bonchev–Trinajstić information content (AvgIpc) is 2.49. The molecule has 0 spiro atoms. The summed E-state index contributed by atoms with van der Waals surface area (Å²) in [4.78, 5) is 0. The van der Waals surface area contributed by atoms with Gasteiger partial charge in [-0.05, 0) is 43.6 Å². The standard InChI is InChI=1S/C16H19BNO2/c1-3-19-16-12-10-14(11-13-16)17(20-4-2)18-15-8-6-5-7-9-15/h3,5-13,18H,4H2,1-2H3. The van der Waals surface area contributed by atoms with Crippen molar-refractivity contribution in [3.05, 3.63) is 61.2 Å². The molecule has 0 atom stereocenters. The average molecular weight is 268 g/mol. The van der Waals surface area contributed by atoms with Crippen molar-refractivity contribution in [2.75, 3.05) is 11.8 Å². The lowest BCUT2D eigenvalue weighted by molar-refractivity contribution is 0.354. The predicted molar refractivity (Wildman–Crippen MR) is 84.1 cm³/mol. The first-order valence-corrected chi connectivity index (χ1v) is 6.81. The van der Waals surface area contributed by atoms with Crippen molar-refractivity contribution in [2.24, 2.45) is 0 Å². The largest absolute Gasteiger partial charge is 0.487 e. The minimum atomic E-state index is -0.165. The van der Waals surface area contributed by atoms with Crippen molar-refractivity contribution < 1.29 is 9.39 Å². The van der Waals surface area contributed by atoms with Gasteiger partial charge in [0.15, 0.2) is 0 Å². The molecule has 0 heterocycles. The van der Waals surface area contributed by atoms with E-state index in [0.717, 1.165) is 16.9 Å². The highest BCUT2D eigenvalue weighted by Crippen LogP contribution is 2.10. The topological polar surface area (TPSA) is 30.5 Å². The first kappa shape index (κ1) is 14.5. The predicted octanol–water partition coefficient (Wildman–Crippen LogP) is 3.09. The number of ether oxygens (including phenoxy) is 1. The van der Waals surface area contributed by atoms with Crippen LogP contribution in [0.1, 0.15) is 13.8 Å². The summed E-state index contributed by atoms with van der Waals surface area (Å²) >= 11 is 0. The van der Waals surface area contributed by atoms with Gasteiger partial charge in [-0.3, -0.25) is 0 Å². The molecule has 2 aromatic rings. The minimum Gasteiger partial charge on any atom is -0.487 e. The van der Waals surface area contributed by atoms with E-state index < -0.39 is 0 Å². The maximum atomic E-state index is 5.77. The molecule has 0 saturated carbocycles. The quantitative estimate of drug-likeness (QED) is 0.783. The van der Waals surface area contributed by atoms with Gasteiger partial charge in [0, 0.05) is 12.3 Å². The van der Waals surface area contributed by atoms with Crippen LogP contribution in [-0.4, -0.2) is 13.7 Å². The normalized spacial score (nSPS) is 10.1. The molecule has 0 aliphatic carbocycles. The highest BCUT2D eigenvalue weighted by molar-refractivity contribution is 6.70. The van der Waals surface area contributed by atoms with E-state index >= 15 is 0 Å². The number of benzene rings is 2. The maximum absolute atomic E-state index is 5.77. The maximum Gasteiger partial charge on any atom is 0.449 e. The number of hydrogen-bond donors (Lipinski definition) is 1. The summed E-state index contributed by atoms with van der Waals surface area (Å²) in [5, 5.41) is 3.38. The third-order valence-electron chi connectivity index (χ3n) is 2.84. The molecule has 0 aliphatic heterocycles. The van der Waals surface area contributed by atoms with E-state index in [1.807, 2.05) is 68.4 Å². The van der Waals surface area contributed by atoms with Crippen LogP contribution >= 0.6 is 0 Å². The van der Waals surface area contributed by atoms with E-state index in [4.69, 9.17) is 9.39 Å². The van der Waals surface area contributed by atoms with Crippen molar-refractivity contribution in [1.82, 2.24) is 0 Å². The second-order valence-corrected chi connectivity index (χ2v) is 4.27. The molecule has 0 saturated heterocycles. The molecule has 4 heteroatoms. The third-order valence-corrected chi connectivity index (χ3v) is 2.84. The zero-order valence-electron chi connectivity index (χ0n) is 11.9. The van der Waals surface area contributed by atoms with Crippen LogP contribution in [0, 0.1) is 6.61 Å². The van der Waals surface area contributed by atoms with E-state index in [9.17, 15) is 0 Å². The van der Waals surface area contributed by atoms with E-state index in [1.54, 1.807) is 6.61 Å². The summed E-state index contributed by atoms with van der Waals surface area (Å²) in [6.45, 7) is 6.15. The molecule has 103 valence electrons. The first-order chi connectivity index (χ1) is 9.83. The molecular weight excluding hydrogens is 249 g/mol. The van der Waals surface area contributed by atoms with E-state index in [2.05, 4.69) is 5.23 Å². The Kier molecular flexibility index (Phi) is 5.50. The van der Waals surface area contributed by atoms with Gasteiger partial charge in [-0.1, -0.05) is 30.3 Å². The monoisotopic (exact) mass is 268 g/mol. The van der Waals surface area contributed by atoms with Gasteiger partial charge in [-0.15, -0.1) is 0 Å². The zero-order chi connectivity index (χ0) is 14.2. The highest BCUT2D eigenvalue weighted by Gasteiger charge is 2.19. The molecule has 0 aromatic heterocycles. The zero-order valence-corrected chi connectivity index (χ0v) is 11.9. The van der Waals surface area contributed by atoms with E-state index in [0.29, 0.717) is 6.61 Å². The van der Waals surface area contributed by atoms with Crippen LogP contribution in [0.3, 0.4) is 0 Å². The summed E-state index contributed by atoms with van der Waals surface area (Å²) in [7, 11) is -0.165. The lowest BCUT2D eigenvalue weighted by Crippen LogP contribution is -2.41. The Labute approximate surface area is 121 Å². The Morgan fingerprint density at radius 1 is 1.05 bits per heavy atom. The number of rotatable bonds is 7. The van der Waals surface area contributed by atoms with Crippen LogP contribution in [0.25, 0.3) is 0 Å². The summed E-state index contributed by atoms with van der Waals surface area (Å²) in [6, 6.07) is 17.9. The molecule has 20 heavy (non-hydrogen) atoms. The molecule has 2 rings (SSSR count). The van der Waals surface area contributed by atoms with Crippen molar-refractivity contribution in [3.63, 3.8) is 0 Å². The molecule has 1 N–H and O–H groups in total. The van der Waals surface area contributed by atoms with Crippen molar-refractivity contribution in [1.29, 1.82) is 0 Å². The fourth-order valence-electron chi connectivity index (χ4n) is 1.93. The number of para-hydroxylation sites is 1. The lowest BCUT2D eigenvalue weighted by atomic mass is 9.73. The summed E-state index contributed by atoms with van der Waals surface area (Å²) in [5.41, 5.74) is 2.10. The molecule has 2 aromatic carbocycles. The van der Waals surface area contributed by atoms with Gasteiger partial charge in [0.25, 0.3) is 0 Å². The van der Waals surface area contributed by atoms with Gasteiger partial charge in [0.05, 0.1) is 0 Å². The highest BCUT2D eigenvalue weighted by atomic mass is 16.5. The van der Waals surface area contributed by atoms with Gasteiger partial charge in [-0.25, -0.2) is 0 Å². The summed E-state index contributed by atoms with van der Waals surface area (Å²) in [5.74, 6) is 0.825. The van der Waals surface area contributed by atoms with Gasteiger partial charge in [-0.2, -0.15) is 0 Å². The fraction of sp³-hybridized carbons (Fsp3) is 0.188. The molecule has 3 nitrogen and oxygen atoms in total. The molecule has 0 bridgehead atoms. The van der Waals surface area contributed by atoms with Crippen molar-refractivity contribution in [3.8, 4) is 5.75 Å². The van der Waals surface area contributed by atoms with Gasteiger partial charge in [0.1, 0.15) is 12.4 Å². The second kappa shape index (κ2) is 7.60. The van der Waals surface area contributed by atoms with Crippen LogP contribution < -0.4 is 15.4 Å². The van der Waals surface area contributed by atoms with Gasteiger partial charge >= 0.3 is 7.05 Å². The number of anilines is 1. The Morgan fingerprint density at radius 3 is 2.35 bits per heavy atom.